The summed E-state index contributed by atoms with van der Waals surface area (Å²) in [6.45, 7) is 0. The molecule has 0 unspecified atom stereocenters. The zero-order chi connectivity index (χ0) is 15.6. The second-order valence-electron chi connectivity index (χ2n) is 3.97. The van der Waals surface area contributed by atoms with Crippen LogP contribution in [-0.2, 0) is 0 Å². The Morgan fingerprint density at radius 2 is 1.81 bits per heavy atom. The van der Waals surface area contributed by atoms with Crippen LogP contribution in [0.15, 0.2) is 34.8 Å². The van der Waals surface area contributed by atoms with Gasteiger partial charge in [-0.1, -0.05) is 39.1 Å². The van der Waals surface area contributed by atoms with Crippen molar-refractivity contribution in [2.45, 2.75) is 0 Å². The molecule has 2 aromatic carbocycles. The van der Waals surface area contributed by atoms with E-state index in [1.54, 1.807) is 18.2 Å². The van der Waals surface area contributed by atoms with Gasteiger partial charge in [-0.3, -0.25) is 0 Å². The van der Waals surface area contributed by atoms with E-state index >= 15 is 0 Å². The summed E-state index contributed by atoms with van der Waals surface area (Å²) >= 11 is 15.4. The normalized spacial score (nSPS) is 10.3. The van der Waals surface area contributed by atoms with Crippen LogP contribution < -0.4 is 9.47 Å². The molecule has 0 aliphatic heterocycles. The number of carboxylic acids is 1. The first kappa shape index (κ1) is 15.9. The summed E-state index contributed by atoms with van der Waals surface area (Å²) < 4.78 is 11.3. The Morgan fingerprint density at radius 1 is 1.19 bits per heavy atom. The molecule has 21 heavy (non-hydrogen) atoms. The van der Waals surface area contributed by atoms with Crippen molar-refractivity contribution < 1.29 is 19.4 Å². The highest BCUT2D eigenvalue weighted by Crippen LogP contribution is 2.39. The van der Waals surface area contributed by atoms with Gasteiger partial charge in [0.05, 0.1) is 17.2 Å². The van der Waals surface area contributed by atoms with Crippen LogP contribution in [0.1, 0.15) is 10.4 Å². The van der Waals surface area contributed by atoms with Gasteiger partial charge in [-0.2, -0.15) is 0 Å². The molecule has 7 heteroatoms. The Hall–Kier alpha value is -1.43. The van der Waals surface area contributed by atoms with Gasteiger partial charge in [0.2, 0.25) is 0 Å². The van der Waals surface area contributed by atoms with Gasteiger partial charge >= 0.3 is 5.97 Å². The molecule has 2 aromatic rings. The summed E-state index contributed by atoms with van der Waals surface area (Å²) in [5.74, 6) is -0.337. The van der Waals surface area contributed by atoms with Crippen molar-refractivity contribution in [1.29, 1.82) is 0 Å². The summed E-state index contributed by atoms with van der Waals surface area (Å²) in [6, 6.07) is 7.67. The number of aromatic carboxylic acids is 1. The van der Waals surface area contributed by atoms with Crippen molar-refractivity contribution in [3.05, 3.63) is 50.4 Å². The van der Waals surface area contributed by atoms with Crippen LogP contribution in [0.2, 0.25) is 10.0 Å². The maximum absolute atomic E-state index is 11.2. The molecule has 0 radical (unpaired) electrons. The SMILES string of the molecule is COc1ccc(Oc2c(Cl)cc(Br)cc2Cl)cc1C(=O)O. The van der Waals surface area contributed by atoms with E-state index < -0.39 is 5.97 Å². The van der Waals surface area contributed by atoms with Gasteiger partial charge < -0.3 is 14.6 Å². The van der Waals surface area contributed by atoms with Crippen LogP contribution in [-0.4, -0.2) is 18.2 Å². The average molecular weight is 392 g/mol. The molecule has 4 nitrogen and oxygen atoms in total. The Kier molecular flexibility index (Phi) is 4.98. The molecule has 0 spiro atoms. The van der Waals surface area contributed by atoms with Crippen LogP contribution in [0.3, 0.4) is 0 Å². The first-order valence-electron chi connectivity index (χ1n) is 5.66. The van der Waals surface area contributed by atoms with E-state index in [-0.39, 0.29) is 17.1 Å². The molecule has 0 aliphatic rings. The lowest BCUT2D eigenvalue weighted by Gasteiger charge is -2.12. The molecule has 0 aromatic heterocycles. The monoisotopic (exact) mass is 390 g/mol. The molecule has 0 aliphatic carbocycles. The fraction of sp³-hybridized carbons (Fsp3) is 0.0714. The molecule has 0 fully saturated rings. The molecule has 0 saturated carbocycles. The molecule has 0 atom stereocenters. The number of hydrogen-bond acceptors (Lipinski definition) is 3. The largest absolute Gasteiger partial charge is 0.496 e. The Labute approximate surface area is 139 Å². The van der Waals surface area contributed by atoms with E-state index in [1.807, 2.05) is 0 Å². The molecule has 0 heterocycles. The van der Waals surface area contributed by atoms with Crippen LogP contribution >= 0.6 is 39.1 Å². The highest BCUT2D eigenvalue weighted by atomic mass is 79.9. The molecule has 0 bridgehead atoms. The van der Waals surface area contributed by atoms with Gasteiger partial charge in [0.25, 0.3) is 0 Å². The fourth-order valence-corrected chi connectivity index (χ4v) is 2.95. The minimum atomic E-state index is -1.12. The number of carbonyl (C=O) groups is 1. The standard InChI is InChI=1S/C14H9BrCl2O4/c1-20-12-3-2-8(6-9(12)14(18)19)21-13-10(16)4-7(15)5-11(13)17/h2-6H,1H3,(H,18,19). The van der Waals surface area contributed by atoms with Crippen LogP contribution in [0.4, 0.5) is 0 Å². The number of ether oxygens (including phenoxy) is 2. The molecular weight excluding hydrogens is 383 g/mol. The molecule has 0 amide bonds. The highest BCUT2D eigenvalue weighted by Gasteiger charge is 2.15. The minimum Gasteiger partial charge on any atom is -0.496 e. The van der Waals surface area contributed by atoms with Crippen LogP contribution in [0, 0.1) is 0 Å². The summed E-state index contributed by atoms with van der Waals surface area (Å²) in [7, 11) is 1.39. The Morgan fingerprint density at radius 3 is 2.33 bits per heavy atom. The van der Waals surface area contributed by atoms with Gasteiger partial charge in [-0.15, -0.1) is 0 Å². The molecular formula is C14H9BrCl2O4. The third-order valence-electron chi connectivity index (χ3n) is 2.58. The first-order valence-corrected chi connectivity index (χ1v) is 7.21. The van der Waals surface area contributed by atoms with E-state index in [1.165, 1.54) is 19.2 Å². The lowest BCUT2D eigenvalue weighted by atomic mass is 10.2. The van der Waals surface area contributed by atoms with Crippen molar-refractivity contribution in [3.63, 3.8) is 0 Å². The second-order valence-corrected chi connectivity index (χ2v) is 5.70. The van der Waals surface area contributed by atoms with Gasteiger partial charge in [0, 0.05) is 4.47 Å². The number of methoxy groups -OCH3 is 1. The zero-order valence-corrected chi connectivity index (χ0v) is 13.8. The second kappa shape index (κ2) is 6.56. The third kappa shape index (κ3) is 3.61. The number of rotatable bonds is 4. The predicted octanol–water partition coefficient (Wildman–Crippen LogP) is 5.26. The minimum absolute atomic E-state index is 0.0145. The lowest BCUT2D eigenvalue weighted by Crippen LogP contribution is -2.01. The molecule has 0 saturated heterocycles. The zero-order valence-electron chi connectivity index (χ0n) is 10.7. The smallest absolute Gasteiger partial charge is 0.339 e. The summed E-state index contributed by atoms with van der Waals surface area (Å²) in [5.41, 5.74) is -0.0145. The average Bonchev–Trinajstić information content (AvgIpc) is 2.42. The van der Waals surface area contributed by atoms with Gasteiger partial charge in [0.15, 0.2) is 5.75 Å². The van der Waals surface area contributed by atoms with Crippen molar-refractivity contribution in [2.75, 3.05) is 7.11 Å². The maximum Gasteiger partial charge on any atom is 0.339 e. The van der Waals surface area contributed by atoms with E-state index in [0.717, 1.165) is 0 Å². The predicted molar refractivity (Wildman–Crippen MR) is 84.2 cm³/mol. The van der Waals surface area contributed by atoms with Crippen molar-refractivity contribution >= 4 is 45.1 Å². The fourth-order valence-electron chi connectivity index (χ4n) is 1.66. The number of halogens is 3. The van der Waals surface area contributed by atoms with Crippen LogP contribution in [0.5, 0.6) is 17.2 Å². The van der Waals surface area contributed by atoms with E-state index in [9.17, 15) is 4.79 Å². The molecule has 110 valence electrons. The number of hydrogen-bond donors (Lipinski definition) is 1. The van der Waals surface area contributed by atoms with Gasteiger partial charge in [-0.05, 0) is 30.3 Å². The molecule has 1 N–H and O–H groups in total. The van der Waals surface area contributed by atoms with E-state index in [2.05, 4.69) is 15.9 Å². The van der Waals surface area contributed by atoms with Crippen LogP contribution in [0.25, 0.3) is 0 Å². The number of carboxylic acid groups (broad SMARTS) is 1. The van der Waals surface area contributed by atoms with Crippen molar-refractivity contribution in [2.24, 2.45) is 0 Å². The number of benzene rings is 2. The van der Waals surface area contributed by atoms with Gasteiger partial charge in [0.1, 0.15) is 17.1 Å². The van der Waals surface area contributed by atoms with Crippen molar-refractivity contribution in [3.8, 4) is 17.2 Å². The first-order chi connectivity index (χ1) is 9.92. The topological polar surface area (TPSA) is 55.8 Å². The Bertz CT molecular complexity index is 680. The third-order valence-corrected chi connectivity index (χ3v) is 3.60. The summed E-state index contributed by atoms with van der Waals surface area (Å²) in [6.07, 6.45) is 0. The summed E-state index contributed by atoms with van der Waals surface area (Å²) in [5, 5.41) is 9.75. The van der Waals surface area contributed by atoms with Crippen molar-refractivity contribution in [1.82, 2.24) is 0 Å². The molecule has 2 rings (SSSR count). The lowest BCUT2D eigenvalue weighted by molar-refractivity contribution is 0.0693. The maximum atomic E-state index is 11.2. The highest BCUT2D eigenvalue weighted by molar-refractivity contribution is 9.10. The summed E-state index contributed by atoms with van der Waals surface area (Å²) in [4.78, 5) is 11.2. The Balaban J connectivity index is 2.41. The van der Waals surface area contributed by atoms with Gasteiger partial charge in [-0.25, -0.2) is 4.79 Å². The quantitative estimate of drug-likeness (QED) is 0.772. The van der Waals surface area contributed by atoms with E-state index in [4.69, 9.17) is 37.8 Å². The van der Waals surface area contributed by atoms with E-state index in [0.29, 0.717) is 20.3 Å².